The summed E-state index contributed by atoms with van der Waals surface area (Å²) in [6, 6.07) is 57.2. The van der Waals surface area contributed by atoms with Crippen molar-refractivity contribution in [2.45, 2.75) is 26.2 Å². The minimum absolute atomic E-state index is 0.00680. The molecule has 0 saturated heterocycles. The smallest absolute Gasteiger partial charge is 0.261 e. The van der Waals surface area contributed by atoms with Crippen LogP contribution < -0.4 is 30.9 Å². The molecule has 0 fully saturated rings. The second kappa shape index (κ2) is 10.8. The van der Waals surface area contributed by atoms with Gasteiger partial charge in [0.2, 0.25) is 0 Å². The van der Waals surface area contributed by atoms with Crippen LogP contribution in [0.1, 0.15) is 26.3 Å². The van der Waals surface area contributed by atoms with Crippen LogP contribution in [0.4, 0.5) is 34.1 Å². The van der Waals surface area contributed by atoms with Crippen LogP contribution in [0.3, 0.4) is 0 Å². The van der Waals surface area contributed by atoms with Gasteiger partial charge in [-0.2, -0.15) is 0 Å². The summed E-state index contributed by atoms with van der Waals surface area (Å²) in [4.78, 5) is 4.97. The van der Waals surface area contributed by atoms with Crippen LogP contribution in [0.25, 0.3) is 22.3 Å². The third-order valence-electron chi connectivity index (χ3n) is 10.5. The molecule has 10 rings (SSSR count). The zero-order valence-corrected chi connectivity index (χ0v) is 28.4. The van der Waals surface area contributed by atoms with Crippen molar-refractivity contribution in [1.29, 1.82) is 0 Å². The second-order valence-corrected chi connectivity index (χ2v) is 14.6. The molecule has 4 heteroatoms. The van der Waals surface area contributed by atoms with Gasteiger partial charge in [-0.15, -0.1) is 0 Å². The molecule has 7 aromatic carbocycles. The highest BCUT2D eigenvalue weighted by molar-refractivity contribution is 7.01. The molecule has 0 radical (unpaired) electrons. The molecule has 0 amide bonds. The van der Waals surface area contributed by atoms with E-state index in [0.717, 1.165) is 34.0 Å². The van der Waals surface area contributed by atoms with E-state index in [1.54, 1.807) is 0 Å². The lowest BCUT2D eigenvalue weighted by Crippen LogP contribution is -2.63. The number of hydrogen-bond acceptors (Lipinski definition) is 3. The lowest BCUT2D eigenvalue weighted by Gasteiger charge is -2.47. The predicted molar refractivity (Wildman–Crippen MR) is 210 cm³/mol. The molecule has 7 aromatic rings. The molecule has 0 unspecified atom stereocenters. The first-order valence-electron chi connectivity index (χ1n) is 17.5. The molecule has 3 aliphatic heterocycles. The molecule has 0 saturated carbocycles. The average Bonchev–Trinajstić information content (AvgIpc) is 3.15. The number of hydrogen-bond donors (Lipinski definition) is 0. The molecule has 3 aliphatic rings. The highest BCUT2D eigenvalue weighted by atomic mass is 16.5. The fourth-order valence-corrected chi connectivity index (χ4v) is 8.18. The van der Waals surface area contributed by atoms with E-state index in [1.807, 2.05) is 0 Å². The van der Waals surface area contributed by atoms with E-state index in [-0.39, 0.29) is 12.1 Å². The van der Waals surface area contributed by atoms with Crippen LogP contribution in [0.2, 0.25) is 0 Å². The molecule has 238 valence electrons. The quantitative estimate of drug-likeness (QED) is 0.178. The van der Waals surface area contributed by atoms with Gasteiger partial charge < -0.3 is 14.5 Å². The largest absolute Gasteiger partial charge is 0.458 e. The monoisotopic (exact) mass is 642 g/mol. The van der Waals surface area contributed by atoms with Gasteiger partial charge in [0.15, 0.2) is 0 Å². The van der Waals surface area contributed by atoms with Crippen molar-refractivity contribution in [2.24, 2.45) is 0 Å². The van der Waals surface area contributed by atoms with Gasteiger partial charge in [-0.1, -0.05) is 118 Å². The van der Waals surface area contributed by atoms with Gasteiger partial charge in [-0.25, -0.2) is 0 Å². The Labute approximate surface area is 294 Å². The summed E-state index contributed by atoms with van der Waals surface area (Å²) < 4.78 is 7.17. The molecular weight excluding hydrogens is 607 g/mol. The first-order chi connectivity index (χ1) is 24.4. The lowest BCUT2D eigenvalue weighted by molar-refractivity contribution is 0.488. The van der Waals surface area contributed by atoms with Crippen LogP contribution in [0.5, 0.6) is 11.5 Å². The van der Waals surface area contributed by atoms with Crippen molar-refractivity contribution < 1.29 is 4.74 Å². The Morgan fingerprint density at radius 1 is 0.420 bits per heavy atom. The minimum atomic E-state index is -0.0828. The minimum Gasteiger partial charge on any atom is -0.458 e. The third kappa shape index (κ3) is 4.31. The maximum Gasteiger partial charge on any atom is 0.261 e. The van der Waals surface area contributed by atoms with Crippen molar-refractivity contribution in [2.75, 3.05) is 9.80 Å². The summed E-state index contributed by atoms with van der Waals surface area (Å²) in [5.74, 6) is 1.83. The highest BCUT2D eigenvalue weighted by Crippen LogP contribution is 2.51. The Balaban J connectivity index is 1.36. The Morgan fingerprint density at radius 3 is 1.20 bits per heavy atom. The van der Waals surface area contributed by atoms with Crippen LogP contribution >= 0.6 is 0 Å². The summed E-state index contributed by atoms with van der Waals surface area (Å²) in [5.41, 5.74) is 16.6. The van der Waals surface area contributed by atoms with Gasteiger partial charge in [0, 0.05) is 34.1 Å². The normalized spacial score (nSPS) is 13.5. The molecule has 0 aliphatic carbocycles. The standard InChI is InChI=1S/C46H35BN2O/c1-46(2,3)34-28-39-43-40(29-34)49(36-22-14-7-15-23-36)38-25-33(31-18-10-5-11-19-31)27-42-45(38)47(43)44-37(48(39)35-20-12-6-13-21-35)24-32(26-41(44)50-42)30-16-8-4-9-17-30/h4-29H,1-3H3. The molecule has 0 bridgehead atoms. The number of rotatable bonds is 4. The maximum absolute atomic E-state index is 7.17. The van der Waals surface area contributed by atoms with E-state index in [4.69, 9.17) is 4.74 Å². The molecule has 3 nitrogen and oxygen atoms in total. The Morgan fingerprint density at radius 2 is 0.800 bits per heavy atom. The third-order valence-corrected chi connectivity index (χ3v) is 10.5. The van der Waals surface area contributed by atoms with E-state index >= 15 is 0 Å². The second-order valence-electron chi connectivity index (χ2n) is 14.6. The Bertz CT molecular complexity index is 2280. The first kappa shape index (κ1) is 29.0. The van der Waals surface area contributed by atoms with Gasteiger partial charge in [0.25, 0.3) is 6.71 Å². The summed E-state index contributed by atoms with van der Waals surface area (Å²) in [6.07, 6.45) is 0. The maximum atomic E-state index is 7.17. The van der Waals surface area contributed by atoms with E-state index < -0.39 is 0 Å². The molecule has 50 heavy (non-hydrogen) atoms. The van der Waals surface area contributed by atoms with Crippen LogP contribution in [0, 0.1) is 0 Å². The number of para-hydroxylation sites is 2. The van der Waals surface area contributed by atoms with Crippen LogP contribution in [0.15, 0.2) is 158 Å². The van der Waals surface area contributed by atoms with Crippen molar-refractivity contribution in [3.05, 3.63) is 163 Å². The zero-order valence-electron chi connectivity index (χ0n) is 28.4. The van der Waals surface area contributed by atoms with Crippen LogP contribution in [-0.4, -0.2) is 6.71 Å². The number of benzene rings is 7. The van der Waals surface area contributed by atoms with E-state index in [0.29, 0.717) is 0 Å². The number of anilines is 6. The van der Waals surface area contributed by atoms with Crippen molar-refractivity contribution in [3.8, 4) is 33.8 Å². The SMILES string of the molecule is CC(C)(C)c1cc2c3c(c1)N(c1ccccc1)c1cc(-c4ccccc4)cc4c1B3c1c(cc(-c3ccccc3)cc1N2c1ccccc1)O4. The van der Waals surface area contributed by atoms with Crippen molar-refractivity contribution in [3.63, 3.8) is 0 Å². The molecule has 0 N–H and O–H groups in total. The Kier molecular flexibility index (Phi) is 6.23. The predicted octanol–water partition coefficient (Wildman–Crippen LogP) is 10.5. The molecule has 0 aromatic heterocycles. The van der Waals surface area contributed by atoms with Crippen molar-refractivity contribution in [1.82, 2.24) is 0 Å². The van der Waals surface area contributed by atoms with Gasteiger partial charge in [-0.3, -0.25) is 0 Å². The summed E-state index contributed by atoms with van der Waals surface area (Å²) in [5, 5.41) is 0. The van der Waals surface area contributed by atoms with Crippen LogP contribution in [-0.2, 0) is 5.41 Å². The average molecular weight is 643 g/mol. The number of ether oxygens (including phenoxy) is 1. The van der Waals surface area contributed by atoms with Crippen molar-refractivity contribution >= 4 is 57.2 Å². The zero-order chi connectivity index (χ0) is 33.6. The molecule has 0 spiro atoms. The topological polar surface area (TPSA) is 15.7 Å². The van der Waals surface area contributed by atoms with E-state index in [9.17, 15) is 0 Å². The fraction of sp³-hybridized carbons (Fsp3) is 0.0870. The summed E-state index contributed by atoms with van der Waals surface area (Å²) >= 11 is 0. The van der Waals surface area contributed by atoms with Gasteiger partial charge >= 0.3 is 0 Å². The lowest BCUT2D eigenvalue weighted by atomic mass is 9.32. The van der Waals surface area contributed by atoms with Gasteiger partial charge in [-0.05, 0) is 110 Å². The van der Waals surface area contributed by atoms with Gasteiger partial charge in [0.1, 0.15) is 11.5 Å². The molecular formula is C46H35BN2O. The van der Waals surface area contributed by atoms with E-state index in [1.165, 1.54) is 55.8 Å². The summed E-state index contributed by atoms with van der Waals surface area (Å²) in [7, 11) is 0. The van der Waals surface area contributed by atoms with E-state index in [2.05, 4.69) is 188 Å². The number of nitrogens with zero attached hydrogens (tertiary/aromatic N) is 2. The highest BCUT2D eigenvalue weighted by Gasteiger charge is 2.49. The first-order valence-corrected chi connectivity index (χ1v) is 17.5. The molecule has 0 atom stereocenters. The summed E-state index contributed by atoms with van der Waals surface area (Å²) in [6.45, 7) is 6.97. The van der Waals surface area contributed by atoms with Gasteiger partial charge in [0.05, 0.1) is 0 Å². The molecule has 3 heterocycles. The fourth-order valence-electron chi connectivity index (χ4n) is 8.18. The Hall–Kier alpha value is -6.00.